The van der Waals surface area contributed by atoms with Crippen LogP contribution in [0, 0.1) is 0 Å². The van der Waals surface area contributed by atoms with Crippen molar-refractivity contribution in [3.05, 3.63) is 16.4 Å². The van der Waals surface area contributed by atoms with Crippen molar-refractivity contribution in [2.75, 3.05) is 7.11 Å². The molecule has 1 aromatic heterocycles. The molecule has 0 spiro atoms. The molecule has 0 bridgehead atoms. The first kappa shape index (κ1) is 11.2. The van der Waals surface area contributed by atoms with E-state index in [4.69, 9.17) is 0 Å². The number of methoxy groups -OCH3 is 1. The largest absolute Gasteiger partial charge is 0.465 e. The van der Waals surface area contributed by atoms with Gasteiger partial charge in [-0.05, 0) is 36.7 Å². The van der Waals surface area contributed by atoms with E-state index >= 15 is 0 Å². The number of nitrogens with zero attached hydrogens (tertiary/aromatic N) is 2. The van der Waals surface area contributed by atoms with Crippen LogP contribution in [0.3, 0.4) is 0 Å². The summed E-state index contributed by atoms with van der Waals surface area (Å²) in [6.45, 7) is 6.02. The molecule has 0 radical (unpaired) electrons. The van der Waals surface area contributed by atoms with Gasteiger partial charge in [0.15, 0.2) is 0 Å². The SMILES string of the molecule is COC(=O)c1cn(C(C)(C)C)nc1Br. The summed E-state index contributed by atoms with van der Waals surface area (Å²) in [6, 6.07) is 0. The molecule has 0 aromatic carbocycles. The number of esters is 1. The molecule has 0 N–H and O–H groups in total. The van der Waals surface area contributed by atoms with Crippen LogP contribution in [0.5, 0.6) is 0 Å². The van der Waals surface area contributed by atoms with Crippen LogP contribution in [-0.2, 0) is 10.3 Å². The van der Waals surface area contributed by atoms with Crippen LogP contribution in [0.2, 0.25) is 0 Å². The van der Waals surface area contributed by atoms with Crippen molar-refractivity contribution in [2.45, 2.75) is 26.3 Å². The van der Waals surface area contributed by atoms with Gasteiger partial charge in [0.2, 0.25) is 0 Å². The average Bonchev–Trinajstić information content (AvgIpc) is 2.45. The zero-order chi connectivity index (χ0) is 10.9. The van der Waals surface area contributed by atoms with E-state index < -0.39 is 0 Å². The molecule has 14 heavy (non-hydrogen) atoms. The number of carbonyl (C=O) groups is 1. The van der Waals surface area contributed by atoms with Gasteiger partial charge in [0.05, 0.1) is 12.6 Å². The molecule has 4 nitrogen and oxygen atoms in total. The van der Waals surface area contributed by atoms with Crippen LogP contribution in [-0.4, -0.2) is 22.9 Å². The Hall–Kier alpha value is -0.840. The zero-order valence-electron chi connectivity index (χ0n) is 8.67. The lowest BCUT2D eigenvalue weighted by Crippen LogP contribution is -2.22. The summed E-state index contributed by atoms with van der Waals surface area (Å²) in [5, 5.41) is 4.18. The number of ether oxygens (including phenoxy) is 1. The van der Waals surface area contributed by atoms with Crippen molar-refractivity contribution < 1.29 is 9.53 Å². The molecule has 0 aliphatic rings. The number of carbonyl (C=O) groups excluding carboxylic acids is 1. The fourth-order valence-corrected chi connectivity index (χ4v) is 1.38. The minimum atomic E-state index is -0.382. The lowest BCUT2D eigenvalue weighted by molar-refractivity contribution is 0.0599. The highest BCUT2D eigenvalue weighted by Gasteiger charge is 2.20. The molecular weight excluding hydrogens is 248 g/mol. The summed E-state index contributed by atoms with van der Waals surface area (Å²) in [5.41, 5.74) is 0.303. The van der Waals surface area contributed by atoms with E-state index in [1.165, 1.54) is 7.11 Å². The van der Waals surface area contributed by atoms with Gasteiger partial charge in [-0.3, -0.25) is 4.68 Å². The van der Waals surface area contributed by atoms with Gasteiger partial charge in [-0.15, -0.1) is 0 Å². The molecule has 0 aliphatic heterocycles. The van der Waals surface area contributed by atoms with Gasteiger partial charge in [0.1, 0.15) is 10.2 Å². The molecule has 0 aliphatic carbocycles. The van der Waals surface area contributed by atoms with Crippen molar-refractivity contribution in [3.63, 3.8) is 0 Å². The molecule has 0 saturated carbocycles. The molecule has 1 heterocycles. The predicted molar refractivity (Wildman–Crippen MR) is 56.3 cm³/mol. The minimum absolute atomic E-state index is 0.144. The maximum atomic E-state index is 11.3. The second kappa shape index (κ2) is 3.73. The topological polar surface area (TPSA) is 44.1 Å². The molecule has 78 valence electrons. The normalized spacial score (nSPS) is 11.5. The quantitative estimate of drug-likeness (QED) is 0.728. The molecule has 0 saturated heterocycles. The highest BCUT2D eigenvalue weighted by Crippen LogP contribution is 2.20. The standard InChI is InChI=1S/C9H13BrN2O2/c1-9(2,3)12-5-6(7(10)11-12)8(13)14-4/h5H,1-4H3. The van der Waals surface area contributed by atoms with Crippen molar-refractivity contribution in [1.82, 2.24) is 9.78 Å². The van der Waals surface area contributed by atoms with Crippen molar-refractivity contribution in [1.29, 1.82) is 0 Å². The summed E-state index contributed by atoms with van der Waals surface area (Å²) in [5.74, 6) is -0.382. The first-order valence-corrected chi connectivity index (χ1v) is 4.99. The van der Waals surface area contributed by atoms with Gasteiger partial charge in [0.25, 0.3) is 0 Å². The predicted octanol–water partition coefficient (Wildman–Crippen LogP) is 2.19. The number of hydrogen-bond donors (Lipinski definition) is 0. The van der Waals surface area contributed by atoms with Crippen molar-refractivity contribution in [2.24, 2.45) is 0 Å². The first-order valence-electron chi connectivity index (χ1n) is 4.20. The highest BCUT2D eigenvalue weighted by molar-refractivity contribution is 9.10. The summed E-state index contributed by atoms with van der Waals surface area (Å²) < 4.78 is 6.86. The summed E-state index contributed by atoms with van der Waals surface area (Å²) in [7, 11) is 1.35. The van der Waals surface area contributed by atoms with E-state index in [-0.39, 0.29) is 11.5 Å². The maximum Gasteiger partial charge on any atom is 0.342 e. The Morgan fingerprint density at radius 1 is 1.57 bits per heavy atom. The van der Waals surface area contributed by atoms with Crippen LogP contribution in [0.1, 0.15) is 31.1 Å². The Kier molecular flexibility index (Phi) is 2.99. The average molecular weight is 261 g/mol. The van der Waals surface area contributed by atoms with Crippen LogP contribution in [0.25, 0.3) is 0 Å². The Labute approximate surface area is 91.4 Å². The van der Waals surface area contributed by atoms with Gasteiger partial charge in [0, 0.05) is 6.20 Å². The third-order valence-electron chi connectivity index (χ3n) is 1.76. The van der Waals surface area contributed by atoms with Crippen LogP contribution >= 0.6 is 15.9 Å². The van der Waals surface area contributed by atoms with Crippen LogP contribution < -0.4 is 0 Å². The summed E-state index contributed by atoms with van der Waals surface area (Å²) in [4.78, 5) is 11.3. The van der Waals surface area contributed by atoms with Crippen molar-refractivity contribution in [3.8, 4) is 0 Å². The molecule has 0 unspecified atom stereocenters. The molecular formula is C9H13BrN2O2. The van der Waals surface area contributed by atoms with E-state index in [0.717, 1.165) is 0 Å². The van der Waals surface area contributed by atoms with Crippen LogP contribution in [0.15, 0.2) is 10.8 Å². The van der Waals surface area contributed by atoms with E-state index in [0.29, 0.717) is 10.2 Å². The first-order chi connectivity index (χ1) is 6.36. The highest BCUT2D eigenvalue weighted by atomic mass is 79.9. The summed E-state index contributed by atoms with van der Waals surface area (Å²) >= 11 is 3.22. The molecule has 0 atom stereocenters. The van der Waals surface area contributed by atoms with Crippen molar-refractivity contribution >= 4 is 21.9 Å². The lowest BCUT2D eigenvalue weighted by Gasteiger charge is -2.18. The third kappa shape index (κ3) is 2.15. The molecule has 1 aromatic rings. The monoisotopic (exact) mass is 260 g/mol. The van der Waals surface area contributed by atoms with Gasteiger partial charge in [-0.1, -0.05) is 0 Å². The van der Waals surface area contributed by atoms with Gasteiger partial charge in [-0.2, -0.15) is 5.10 Å². The second-order valence-electron chi connectivity index (χ2n) is 3.94. The molecule has 1 rings (SSSR count). The fourth-order valence-electron chi connectivity index (χ4n) is 0.943. The van der Waals surface area contributed by atoms with Gasteiger partial charge in [-0.25, -0.2) is 4.79 Å². The smallest absolute Gasteiger partial charge is 0.342 e. The van der Waals surface area contributed by atoms with Gasteiger partial charge >= 0.3 is 5.97 Å². The Morgan fingerprint density at radius 2 is 2.14 bits per heavy atom. The van der Waals surface area contributed by atoms with E-state index in [1.54, 1.807) is 10.9 Å². The Morgan fingerprint density at radius 3 is 2.50 bits per heavy atom. The molecule has 5 heteroatoms. The summed E-state index contributed by atoms with van der Waals surface area (Å²) in [6.07, 6.45) is 1.68. The minimum Gasteiger partial charge on any atom is -0.465 e. The number of halogens is 1. The maximum absolute atomic E-state index is 11.3. The Balaban J connectivity index is 3.12. The molecule has 0 fully saturated rings. The number of hydrogen-bond acceptors (Lipinski definition) is 3. The Bertz CT molecular complexity index is 352. The zero-order valence-corrected chi connectivity index (χ0v) is 10.3. The number of rotatable bonds is 1. The lowest BCUT2D eigenvalue weighted by atomic mass is 10.1. The third-order valence-corrected chi connectivity index (χ3v) is 2.35. The van der Waals surface area contributed by atoms with E-state index in [9.17, 15) is 4.79 Å². The van der Waals surface area contributed by atoms with E-state index in [2.05, 4.69) is 25.8 Å². The second-order valence-corrected chi connectivity index (χ2v) is 4.69. The van der Waals surface area contributed by atoms with E-state index in [1.807, 2.05) is 20.8 Å². The van der Waals surface area contributed by atoms with Gasteiger partial charge < -0.3 is 4.74 Å². The number of aromatic nitrogens is 2. The van der Waals surface area contributed by atoms with Crippen LogP contribution in [0.4, 0.5) is 0 Å². The molecule has 0 amide bonds. The fraction of sp³-hybridized carbons (Fsp3) is 0.556.